The van der Waals surface area contributed by atoms with Crippen LogP contribution >= 0.6 is 0 Å². The van der Waals surface area contributed by atoms with Crippen LogP contribution in [0.1, 0.15) is 22.3 Å². The monoisotopic (exact) mass is 553 g/mol. The zero-order valence-electron chi connectivity index (χ0n) is 22.4. The summed E-state index contributed by atoms with van der Waals surface area (Å²) in [5, 5.41) is 7.38. The van der Waals surface area contributed by atoms with E-state index in [-0.39, 0.29) is 18.0 Å². The lowest BCUT2D eigenvalue weighted by atomic mass is 10.0. The molecule has 0 bridgehead atoms. The SMILES string of the molecule is COc1ccc(CN(Cc2ccc(OC)cc2)S(=O)(=O)c2ccc(Cc3c[nH]nc3-c3ccccc3)cc2)cc1. The molecule has 0 saturated heterocycles. The Morgan fingerprint density at radius 1 is 0.700 bits per heavy atom. The third-order valence-corrected chi connectivity index (χ3v) is 8.56. The van der Waals surface area contributed by atoms with E-state index in [0.29, 0.717) is 6.42 Å². The lowest BCUT2D eigenvalue weighted by Crippen LogP contribution is -2.30. The van der Waals surface area contributed by atoms with Gasteiger partial charge in [-0.25, -0.2) is 8.42 Å². The number of aromatic nitrogens is 2. The maximum Gasteiger partial charge on any atom is 0.243 e. The number of hydrogen-bond donors (Lipinski definition) is 1. The molecule has 5 aromatic rings. The van der Waals surface area contributed by atoms with Crippen LogP contribution in [0.5, 0.6) is 11.5 Å². The number of H-pyrrole nitrogens is 1. The molecule has 40 heavy (non-hydrogen) atoms. The van der Waals surface area contributed by atoms with Crippen molar-refractivity contribution < 1.29 is 17.9 Å². The summed E-state index contributed by atoms with van der Waals surface area (Å²) in [6, 6.07) is 32.0. The fourth-order valence-corrected chi connectivity index (χ4v) is 5.96. The number of methoxy groups -OCH3 is 2. The molecular formula is C32H31N3O4S. The van der Waals surface area contributed by atoms with Crippen molar-refractivity contribution in [2.45, 2.75) is 24.4 Å². The van der Waals surface area contributed by atoms with Gasteiger partial charge in [-0.3, -0.25) is 5.10 Å². The van der Waals surface area contributed by atoms with Gasteiger partial charge in [-0.1, -0.05) is 66.7 Å². The first-order valence-electron chi connectivity index (χ1n) is 12.9. The van der Waals surface area contributed by atoms with Crippen molar-refractivity contribution in [2.75, 3.05) is 14.2 Å². The first kappa shape index (κ1) is 27.2. The number of ether oxygens (including phenoxy) is 2. The minimum atomic E-state index is -3.81. The second-order valence-corrected chi connectivity index (χ2v) is 11.4. The van der Waals surface area contributed by atoms with Gasteiger partial charge in [0.1, 0.15) is 11.5 Å². The van der Waals surface area contributed by atoms with Crippen LogP contribution in [-0.2, 0) is 29.5 Å². The summed E-state index contributed by atoms with van der Waals surface area (Å²) < 4.78 is 39.8. The van der Waals surface area contributed by atoms with Gasteiger partial charge in [0, 0.05) is 36.8 Å². The molecule has 0 aliphatic carbocycles. The third-order valence-electron chi connectivity index (χ3n) is 6.76. The minimum absolute atomic E-state index is 0.218. The smallest absolute Gasteiger partial charge is 0.243 e. The summed E-state index contributed by atoms with van der Waals surface area (Å²) in [6.07, 6.45) is 2.51. The Morgan fingerprint density at radius 2 is 1.23 bits per heavy atom. The van der Waals surface area contributed by atoms with Crippen molar-refractivity contribution in [1.82, 2.24) is 14.5 Å². The van der Waals surface area contributed by atoms with Crippen LogP contribution in [0.25, 0.3) is 11.3 Å². The summed E-state index contributed by atoms with van der Waals surface area (Å²) >= 11 is 0. The Labute approximate surface area is 235 Å². The van der Waals surface area contributed by atoms with Crippen LogP contribution in [-0.4, -0.2) is 37.1 Å². The first-order valence-corrected chi connectivity index (χ1v) is 14.3. The molecule has 0 atom stereocenters. The van der Waals surface area contributed by atoms with E-state index in [2.05, 4.69) is 10.2 Å². The molecule has 204 valence electrons. The highest BCUT2D eigenvalue weighted by molar-refractivity contribution is 7.89. The lowest BCUT2D eigenvalue weighted by Gasteiger charge is -2.23. The highest BCUT2D eigenvalue weighted by Gasteiger charge is 2.25. The van der Waals surface area contributed by atoms with Gasteiger partial charge in [0.25, 0.3) is 0 Å². The Hall–Kier alpha value is -4.40. The molecule has 7 nitrogen and oxygen atoms in total. The molecule has 4 aromatic carbocycles. The highest BCUT2D eigenvalue weighted by atomic mass is 32.2. The number of aromatic amines is 1. The molecule has 0 fully saturated rings. The number of nitrogens with zero attached hydrogens (tertiary/aromatic N) is 2. The van der Waals surface area contributed by atoms with Gasteiger partial charge in [0.05, 0.1) is 24.8 Å². The van der Waals surface area contributed by atoms with Crippen molar-refractivity contribution in [2.24, 2.45) is 0 Å². The average molecular weight is 554 g/mol. The van der Waals surface area contributed by atoms with Gasteiger partial charge in [0.15, 0.2) is 0 Å². The first-order chi connectivity index (χ1) is 19.5. The Bertz CT molecular complexity index is 1580. The molecule has 1 N–H and O–H groups in total. The van der Waals surface area contributed by atoms with Gasteiger partial charge in [0.2, 0.25) is 10.0 Å². The number of benzene rings is 4. The summed E-state index contributed by atoms with van der Waals surface area (Å²) in [7, 11) is -0.596. The topological polar surface area (TPSA) is 84.5 Å². The van der Waals surface area contributed by atoms with E-state index in [1.807, 2.05) is 97.2 Å². The molecular weight excluding hydrogens is 522 g/mol. The zero-order valence-corrected chi connectivity index (χ0v) is 23.3. The van der Waals surface area contributed by atoms with Crippen molar-refractivity contribution in [3.8, 4) is 22.8 Å². The third kappa shape index (κ3) is 6.25. The molecule has 0 aliphatic rings. The van der Waals surface area contributed by atoms with E-state index in [9.17, 15) is 8.42 Å². The van der Waals surface area contributed by atoms with Gasteiger partial charge in [-0.05, 0) is 53.1 Å². The van der Waals surface area contributed by atoms with Crippen molar-refractivity contribution in [3.63, 3.8) is 0 Å². The fraction of sp³-hybridized carbons (Fsp3) is 0.156. The molecule has 1 heterocycles. The van der Waals surface area contributed by atoms with Crippen molar-refractivity contribution >= 4 is 10.0 Å². The Morgan fingerprint density at radius 3 is 1.75 bits per heavy atom. The van der Waals surface area contributed by atoms with E-state index in [1.165, 1.54) is 4.31 Å². The molecule has 0 aliphatic heterocycles. The van der Waals surface area contributed by atoms with Crippen LogP contribution in [0.15, 0.2) is 114 Å². The fourth-order valence-electron chi connectivity index (χ4n) is 4.54. The molecule has 0 radical (unpaired) electrons. The highest BCUT2D eigenvalue weighted by Crippen LogP contribution is 2.26. The molecule has 8 heteroatoms. The number of sulfonamides is 1. The molecule has 5 rings (SSSR count). The molecule has 1 aromatic heterocycles. The van der Waals surface area contributed by atoms with Crippen LogP contribution in [0.3, 0.4) is 0 Å². The van der Waals surface area contributed by atoms with Crippen LogP contribution in [0.4, 0.5) is 0 Å². The van der Waals surface area contributed by atoms with Crippen molar-refractivity contribution in [3.05, 3.63) is 132 Å². The number of rotatable bonds is 11. The summed E-state index contributed by atoms with van der Waals surface area (Å²) in [5.74, 6) is 1.44. The molecule has 0 saturated carbocycles. The predicted molar refractivity (Wildman–Crippen MR) is 156 cm³/mol. The second kappa shape index (κ2) is 12.2. The Kier molecular flexibility index (Phi) is 8.28. The van der Waals surface area contributed by atoms with E-state index in [1.54, 1.807) is 26.4 Å². The summed E-state index contributed by atoms with van der Waals surface area (Å²) in [5.41, 5.74) is 5.69. The maximum absolute atomic E-state index is 13.9. The van der Waals surface area contributed by atoms with Crippen molar-refractivity contribution in [1.29, 1.82) is 0 Å². The standard InChI is InChI=1S/C32H31N3O4S/c1-38-29-14-8-25(9-15-29)22-35(23-26-10-16-30(39-2)17-11-26)40(36,37)31-18-12-24(13-19-31)20-28-21-33-34-32(28)27-6-4-3-5-7-27/h3-19,21H,20,22-23H2,1-2H3,(H,33,34). The van der Waals surface area contributed by atoms with E-state index in [0.717, 1.165) is 45.0 Å². The van der Waals surface area contributed by atoms with Gasteiger partial charge in [-0.15, -0.1) is 0 Å². The van der Waals surface area contributed by atoms with Crippen LogP contribution in [0.2, 0.25) is 0 Å². The van der Waals surface area contributed by atoms with Gasteiger partial charge in [-0.2, -0.15) is 9.40 Å². The second-order valence-electron chi connectivity index (χ2n) is 9.42. The largest absolute Gasteiger partial charge is 0.497 e. The molecule has 0 spiro atoms. The minimum Gasteiger partial charge on any atom is -0.497 e. The summed E-state index contributed by atoms with van der Waals surface area (Å²) in [4.78, 5) is 0.244. The Balaban J connectivity index is 1.39. The van der Waals surface area contributed by atoms with Gasteiger partial charge >= 0.3 is 0 Å². The normalized spacial score (nSPS) is 11.5. The predicted octanol–water partition coefficient (Wildman–Crippen LogP) is 6.08. The zero-order chi connectivity index (χ0) is 28.0. The quantitative estimate of drug-likeness (QED) is 0.214. The summed E-state index contributed by atoms with van der Waals surface area (Å²) in [6.45, 7) is 0.436. The van der Waals surface area contributed by atoms with E-state index in [4.69, 9.17) is 9.47 Å². The van der Waals surface area contributed by atoms with E-state index < -0.39 is 10.0 Å². The lowest BCUT2D eigenvalue weighted by molar-refractivity contribution is 0.397. The van der Waals surface area contributed by atoms with E-state index >= 15 is 0 Å². The average Bonchev–Trinajstić information content (AvgIpc) is 3.46. The molecule has 0 unspecified atom stereocenters. The van der Waals surface area contributed by atoms with Gasteiger partial charge < -0.3 is 9.47 Å². The number of nitrogens with one attached hydrogen (secondary N) is 1. The number of hydrogen-bond acceptors (Lipinski definition) is 5. The van der Waals surface area contributed by atoms with Crippen LogP contribution < -0.4 is 9.47 Å². The maximum atomic E-state index is 13.9. The van der Waals surface area contributed by atoms with Crippen LogP contribution in [0, 0.1) is 0 Å². The molecule has 0 amide bonds.